The van der Waals surface area contributed by atoms with Crippen LogP contribution in [0.25, 0.3) is 5.70 Å². The Balaban J connectivity index is 0.00000162. The summed E-state index contributed by atoms with van der Waals surface area (Å²) in [7, 11) is 1.66. The summed E-state index contributed by atoms with van der Waals surface area (Å²) in [5.74, 6) is 1.34. The maximum Gasteiger partial charge on any atom is 0.341 e. The van der Waals surface area contributed by atoms with Crippen molar-refractivity contribution < 1.29 is 14.3 Å². The summed E-state index contributed by atoms with van der Waals surface area (Å²) >= 11 is 0. The van der Waals surface area contributed by atoms with Crippen LogP contribution in [0.1, 0.15) is 22.8 Å². The highest BCUT2D eigenvalue weighted by Crippen LogP contribution is 2.33. The summed E-state index contributed by atoms with van der Waals surface area (Å²) in [6.07, 6.45) is 2.92. The van der Waals surface area contributed by atoms with Gasteiger partial charge in [-0.05, 0) is 6.92 Å². The van der Waals surface area contributed by atoms with Crippen LogP contribution < -0.4 is 5.43 Å². The summed E-state index contributed by atoms with van der Waals surface area (Å²) < 4.78 is 4.91. The molecule has 0 amide bonds. The van der Waals surface area contributed by atoms with Gasteiger partial charge < -0.3 is 4.74 Å². The van der Waals surface area contributed by atoms with Gasteiger partial charge in [-0.15, -0.1) is 12.4 Å². The average Bonchev–Trinajstić information content (AvgIpc) is 2.64. The largest absolute Gasteiger partial charge is 0.462 e. The van der Waals surface area contributed by atoms with E-state index in [0.29, 0.717) is 22.5 Å². The minimum Gasteiger partial charge on any atom is -0.462 e. The molecule has 0 saturated carbocycles. The molecule has 1 aromatic rings. The van der Waals surface area contributed by atoms with Crippen LogP contribution in [-0.2, 0) is 9.53 Å². The number of carbonyl (C=O) groups is 1. The lowest BCUT2D eigenvalue weighted by Gasteiger charge is -2.11. The van der Waals surface area contributed by atoms with Gasteiger partial charge in [0.2, 0.25) is 0 Å². The number of hydrazine groups is 1. The molecule has 0 saturated heterocycles. The van der Waals surface area contributed by atoms with Gasteiger partial charge in [0.15, 0.2) is 11.6 Å². The molecule has 18 heavy (non-hydrogen) atoms. The lowest BCUT2D eigenvalue weighted by Crippen LogP contribution is -2.17. The fraction of sp³-hybridized carbons (Fsp3) is 0.273. The number of aromatic nitrogens is 1. The second-order valence-corrected chi connectivity index (χ2v) is 3.45. The van der Waals surface area contributed by atoms with Gasteiger partial charge in [0.1, 0.15) is 5.56 Å². The van der Waals surface area contributed by atoms with Gasteiger partial charge in [-0.3, -0.25) is 15.4 Å². The van der Waals surface area contributed by atoms with E-state index in [-0.39, 0.29) is 19.0 Å². The quantitative estimate of drug-likeness (QED) is 0.641. The topological polar surface area (TPSA) is 71.5 Å². The van der Waals surface area contributed by atoms with Crippen molar-refractivity contribution in [3.63, 3.8) is 0 Å². The second kappa shape index (κ2) is 5.53. The molecule has 1 aliphatic rings. The van der Waals surface area contributed by atoms with Crippen molar-refractivity contribution in [2.45, 2.75) is 6.92 Å². The first-order valence-corrected chi connectivity index (χ1v) is 5.10. The third kappa shape index (κ3) is 2.16. The molecule has 1 N–H and O–H groups in total. The highest BCUT2D eigenvalue weighted by atomic mass is 35.5. The van der Waals surface area contributed by atoms with Crippen LogP contribution in [0.2, 0.25) is 0 Å². The Hall–Kier alpha value is -2.04. The molecule has 0 spiro atoms. The average molecular weight is 270 g/mol. The molecule has 2 rings (SSSR count). The Morgan fingerprint density at radius 1 is 1.56 bits per heavy atom. The maximum absolute atomic E-state index is 11.7. The molecule has 0 atom stereocenters. The van der Waals surface area contributed by atoms with Gasteiger partial charge in [-0.2, -0.15) is 0 Å². The van der Waals surface area contributed by atoms with E-state index in [0.717, 1.165) is 0 Å². The van der Waals surface area contributed by atoms with Crippen LogP contribution >= 0.6 is 12.4 Å². The smallest absolute Gasteiger partial charge is 0.341 e. The number of ether oxygens (including phenoxy) is 1. The highest BCUT2D eigenvalue weighted by molar-refractivity contribution is 6.03. The fourth-order valence-corrected chi connectivity index (χ4v) is 1.65. The van der Waals surface area contributed by atoms with Crippen molar-refractivity contribution in [3.8, 4) is 0 Å². The summed E-state index contributed by atoms with van der Waals surface area (Å²) in [6, 6.07) is 0. The zero-order chi connectivity index (χ0) is 12.4. The predicted octanol–water partition coefficient (Wildman–Crippen LogP) is 1.12. The van der Waals surface area contributed by atoms with Crippen molar-refractivity contribution in [1.29, 1.82) is 0 Å². The predicted molar refractivity (Wildman–Crippen MR) is 67.9 cm³/mol. The number of carbonyl (C=O) groups excluding carboxylic acids is 2. The van der Waals surface area contributed by atoms with E-state index >= 15 is 0 Å². The molecule has 1 aromatic heterocycles. The van der Waals surface area contributed by atoms with Crippen LogP contribution in [0.15, 0.2) is 12.4 Å². The second-order valence-electron chi connectivity index (χ2n) is 3.45. The van der Waals surface area contributed by atoms with Gasteiger partial charge in [-0.25, -0.2) is 9.59 Å². The molecule has 0 fully saturated rings. The number of nitrogens with zero attached hydrogens (tertiary/aromatic N) is 2. The summed E-state index contributed by atoms with van der Waals surface area (Å²) in [5.41, 5.74) is 4.60. The minimum absolute atomic E-state index is 0. The van der Waals surface area contributed by atoms with E-state index in [9.17, 15) is 9.59 Å². The number of anilines is 1. The number of fused-ring (bicyclic) bond motifs is 1. The Labute approximate surface area is 110 Å². The van der Waals surface area contributed by atoms with E-state index in [1.165, 1.54) is 17.4 Å². The molecule has 0 bridgehead atoms. The lowest BCUT2D eigenvalue weighted by molar-refractivity contribution is 0.0527. The third-order valence-electron chi connectivity index (χ3n) is 2.41. The maximum atomic E-state index is 11.7. The van der Waals surface area contributed by atoms with Gasteiger partial charge in [0.05, 0.1) is 17.9 Å². The molecule has 0 unspecified atom stereocenters. The zero-order valence-electron chi connectivity index (χ0n) is 9.89. The van der Waals surface area contributed by atoms with E-state index < -0.39 is 5.97 Å². The molecule has 2 heterocycles. The van der Waals surface area contributed by atoms with Gasteiger partial charge in [0.25, 0.3) is 0 Å². The standard InChI is InChI=1S/C11H11N3O3.ClH/c1-3-17-11(16)8-5-12-4-7-9(6-15)14(2)13-10(7)8;/h4-5,13H,3H2,1-2H3;1H. The summed E-state index contributed by atoms with van der Waals surface area (Å²) in [6.45, 7) is 2.01. The first-order chi connectivity index (χ1) is 8.19. The molecule has 0 radical (unpaired) electrons. The van der Waals surface area contributed by atoms with Crippen molar-refractivity contribution >= 4 is 35.7 Å². The van der Waals surface area contributed by atoms with Crippen LogP contribution in [0, 0.1) is 0 Å². The molecule has 96 valence electrons. The monoisotopic (exact) mass is 269 g/mol. The van der Waals surface area contributed by atoms with E-state index in [4.69, 9.17) is 4.74 Å². The van der Waals surface area contributed by atoms with Gasteiger partial charge in [0, 0.05) is 19.4 Å². The van der Waals surface area contributed by atoms with Crippen LogP contribution in [0.5, 0.6) is 0 Å². The lowest BCUT2D eigenvalue weighted by atomic mass is 10.1. The number of hydrogen-bond donors (Lipinski definition) is 1. The molecule has 1 aliphatic heterocycles. The van der Waals surface area contributed by atoms with Crippen molar-refractivity contribution in [2.75, 3.05) is 19.1 Å². The molecular formula is C11H12ClN3O3. The minimum atomic E-state index is -0.468. The third-order valence-corrected chi connectivity index (χ3v) is 2.41. The van der Waals surface area contributed by atoms with E-state index in [2.05, 4.69) is 10.4 Å². The Morgan fingerprint density at radius 3 is 2.89 bits per heavy atom. The number of pyridine rings is 1. The van der Waals surface area contributed by atoms with Crippen LogP contribution in [-0.4, -0.2) is 35.6 Å². The number of rotatable bonds is 2. The van der Waals surface area contributed by atoms with E-state index in [1.54, 1.807) is 19.9 Å². The molecule has 7 heteroatoms. The van der Waals surface area contributed by atoms with E-state index in [1.807, 2.05) is 0 Å². The Kier molecular flexibility index (Phi) is 4.31. The van der Waals surface area contributed by atoms with Crippen molar-refractivity contribution in [3.05, 3.63) is 23.5 Å². The molecule has 0 aliphatic carbocycles. The number of esters is 1. The first-order valence-electron chi connectivity index (χ1n) is 5.10. The number of halogens is 1. The van der Waals surface area contributed by atoms with Crippen LogP contribution in [0.3, 0.4) is 0 Å². The van der Waals surface area contributed by atoms with Crippen LogP contribution in [0.4, 0.5) is 5.69 Å². The van der Waals surface area contributed by atoms with Crippen molar-refractivity contribution in [2.24, 2.45) is 0 Å². The van der Waals surface area contributed by atoms with Gasteiger partial charge in [-0.1, -0.05) is 0 Å². The highest BCUT2D eigenvalue weighted by Gasteiger charge is 2.27. The first kappa shape index (κ1) is 14.0. The fourth-order valence-electron chi connectivity index (χ4n) is 1.65. The molecular weight excluding hydrogens is 258 g/mol. The zero-order valence-corrected chi connectivity index (χ0v) is 10.7. The number of hydrogen-bond acceptors (Lipinski definition) is 6. The molecule has 0 aromatic carbocycles. The number of nitrogens with one attached hydrogen (secondary N) is 1. The summed E-state index contributed by atoms with van der Waals surface area (Å²) in [5, 5.41) is 1.49. The molecule has 6 nitrogen and oxygen atoms in total. The Morgan fingerprint density at radius 2 is 2.28 bits per heavy atom. The van der Waals surface area contributed by atoms with Crippen molar-refractivity contribution in [1.82, 2.24) is 9.99 Å². The summed E-state index contributed by atoms with van der Waals surface area (Å²) in [4.78, 5) is 26.4. The SMILES string of the molecule is CCOC(=O)c1cncc2c1NN(C)C2=C=O.Cl. The Bertz CT molecular complexity index is 526. The normalized spacial score (nSPS) is 12.1. The van der Waals surface area contributed by atoms with Gasteiger partial charge >= 0.3 is 5.97 Å².